The Balaban J connectivity index is 1.02. The number of aryl methyl sites for hydroxylation is 1. The second kappa shape index (κ2) is 16.9. The number of sulfonamides is 2. The molecule has 13 heteroatoms. The fourth-order valence-electron chi connectivity index (χ4n) is 5.16. The number of aliphatic hydroxyl groups is 1. The zero-order chi connectivity index (χ0) is 33.9. The molecule has 0 radical (unpaired) electrons. The van der Waals surface area contributed by atoms with Crippen LogP contribution in [0.3, 0.4) is 0 Å². The molecular weight excluding hydrogens is 643 g/mol. The van der Waals surface area contributed by atoms with E-state index in [2.05, 4.69) is 10.0 Å². The molecule has 0 spiro atoms. The molecule has 0 amide bonds. The number of benzene rings is 3. The summed E-state index contributed by atoms with van der Waals surface area (Å²) in [5.41, 5.74) is 2.95. The molecule has 4 rings (SSSR count). The van der Waals surface area contributed by atoms with Crippen molar-refractivity contribution in [1.29, 1.82) is 0 Å². The Morgan fingerprint density at radius 2 is 1.62 bits per heavy atom. The molecule has 0 saturated carbocycles. The fourth-order valence-corrected chi connectivity index (χ4v) is 6.80. The fraction of sp³-hybridized carbons (Fsp3) is 0.471. The van der Waals surface area contributed by atoms with E-state index in [9.17, 15) is 21.9 Å². The maximum absolute atomic E-state index is 12.9. The molecule has 5 N–H and O–H groups in total. The standard InChI is InChI=1S/C34H47N3O8S2/c1-34(2)44-25-28-23-27(13-18-33(28)45-34)32(38)24-36-19-6-3-4-7-20-43-21-8-5-10-26-11-9-12-31(22-26)47(41,42)37-29-14-16-30(17-15-29)46(35,39)40/h9,11-18,22-23,32,36-38H,3-8,10,19-21,24-25H2,1-2H3,(H2,35,39,40)/t32-/m0/s1. The normalized spacial score (nSPS) is 15.1. The lowest BCUT2D eigenvalue weighted by Gasteiger charge is -2.33. The Hall–Kier alpha value is -3.04. The van der Waals surface area contributed by atoms with Crippen LogP contribution in [-0.2, 0) is 42.5 Å². The summed E-state index contributed by atoms with van der Waals surface area (Å²) in [7, 11) is -7.70. The third-order valence-corrected chi connectivity index (χ3v) is 10.1. The van der Waals surface area contributed by atoms with Gasteiger partial charge in [-0.3, -0.25) is 4.72 Å². The summed E-state index contributed by atoms with van der Waals surface area (Å²) < 4.78 is 68.3. The van der Waals surface area contributed by atoms with E-state index >= 15 is 0 Å². The zero-order valence-electron chi connectivity index (χ0n) is 27.1. The summed E-state index contributed by atoms with van der Waals surface area (Å²) in [6, 6.07) is 17.8. The van der Waals surface area contributed by atoms with Crippen LogP contribution in [-0.4, -0.2) is 54.0 Å². The number of unbranched alkanes of at least 4 members (excludes halogenated alkanes) is 4. The van der Waals surface area contributed by atoms with Gasteiger partial charge in [0.1, 0.15) is 5.75 Å². The summed E-state index contributed by atoms with van der Waals surface area (Å²) in [6.07, 6.45) is 6.08. The van der Waals surface area contributed by atoms with E-state index < -0.39 is 31.9 Å². The number of ether oxygens (including phenoxy) is 3. The first kappa shape index (κ1) is 36.8. The molecule has 3 aromatic rings. The lowest BCUT2D eigenvalue weighted by Crippen LogP contribution is -2.35. The molecule has 258 valence electrons. The SMILES string of the molecule is CC1(C)OCc2cc([C@@H](O)CNCCCCCCOCCCCc3cccc(S(=O)(=O)Nc4ccc(S(N)(=O)=O)cc4)c3)ccc2O1. The lowest BCUT2D eigenvalue weighted by molar-refractivity contribution is -0.180. The molecule has 0 aliphatic carbocycles. The molecule has 1 atom stereocenters. The van der Waals surface area contributed by atoms with Gasteiger partial charge in [-0.25, -0.2) is 22.0 Å². The minimum Gasteiger partial charge on any atom is -0.463 e. The number of fused-ring (bicyclic) bond motifs is 1. The van der Waals surface area contributed by atoms with Gasteiger partial charge in [0.05, 0.1) is 22.5 Å². The van der Waals surface area contributed by atoms with Crippen molar-refractivity contribution in [3.05, 3.63) is 83.4 Å². The van der Waals surface area contributed by atoms with E-state index in [1.807, 2.05) is 38.1 Å². The predicted molar refractivity (Wildman–Crippen MR) is 181 cm³/mol. The zero-order valence-corrected chi connectivity index (χ0v) is 28.7. The van der Waals surface area contributed by atoms with Gasteiger partial charge in [0.25, 0.3) is 10.0 Å². The first-order valence-corrected chi connectivity index (χ1v) is 19.0. The van der Waals surface area contributed by atoms with Crippen LogP contribution in [0.25, 0.3) is 0 Å². The first-order valence-electron chi connectivity index (χ1n) is 16.0. The van der Waals surface area contributed by atoms with Crippen LogP contribution in [0, 0.1) is 0 Å². The van der Waals surface area contributed by atoms with Crippen molar-refractivity contribution in [1.82, 2.24) is 5.32 Å². The first-order chi connectivity index (χ1) is 22.3. The quantitative estimate of drug-likeness (QED) is 0.127. The van der Waals surface area contributed by atoms with Gasteiger partial charge >= 0.3 is 0 Å². The number of nitrogens with two attached hydrogens (primary N) is 1. The molecule has 11 nitrogen and oxygen atoms in total. The van der Waals surface area contributed by atoms with Gasteiger partial charge < -0.3 is 24.6 Å². The van der Waals surface area contributed by atoms with Crippen molar-refractivity contribution < 1.29 is 36.2 Å². The number of hydrogen-bond donors (Lipinski definition) is 4. The second-order valence-corrected chi connectivity index (χ2v) is 15.4. The molecule has 1 heterocycles. The Morgan fingerprint density at radius 3 is 2.36 bits per heavy atom. The van der Waals surface area contributed by atoms with Crippen molar-refractivity contribution in [2.75, 3.05) is 31.0 Å². The van der Waals surface area contributed by atoms with Gasteiger partial charge in [-0.15, -0.1) is 0 Å². The molecule has 0 bridgehead atoms. The molecule has 0 saturated heterocycles. The van der Waals surface area contributed by atoms with E-state index in [0.29, 0.717) is 26.4 Å². The summed E-state index contributed by atoms with van der Waals surface area (Å²) >= 11 is 0. The van der Waals surface area contributed by atoms with E-state index in [0.717, 1.165) is 73.9 Å². The number of anilines is 1. The predicted octanol–water partition coefficient (Wildman–Crippen LogP) is 5.00. The monoisotopic (exact) mass is 689 g/mol. The average Bonchev–Trinajstić information content (AvgIpc) is 3.02. The number of hydrogen-bond acceptors (Lipinski definition) is 9. The van der Waals surface area contributed by atoms with E-state index in [1.165, 1.54) is 30.3 Å². The molecular formula is C34H47N3O8S2. The summed E-state index contributed by atoms with van der Waals surface area (Å²) in [5.74, 6) is 0.171. The van der Waals surface area contributed by atoms with Crippen molar-refractivity contribution in [2.45, 2.75) is 87.1 Å². The van der Waals surface area contributed by atoms with Crippen LogP contribution in [0.5, 0.6) is 5.75 Å². The highest BCUT2D eigenvalue weighted by Gasteiger charge is 2.27. The van der Waals surface area contributed by atoms with Gasteiger partial charge in [0, 0.05) is 44.9 Å². The maximum Gasteiger partial charge on any atom is 0.261 e. The highest BCUT2D eigenvalue weighted by atomic mass is 32.2. The van der Waals surface area contributed by atoms with Gasteiger partial charge in [-0.2, -0.15) is 0 Å². The van der Waals surface area contributed by atoms with Crippen molar-refractivity contribution in [3.63, 3.8) is 0 Å². The summed E-state index contributed by atoms with van der Waals surface area (Å²) in [6.45, 7) is 6.94. The van der Waals surface area contributed by atoms with Crippen LogP contribution in [0.15, 0.2) is 76.5 Å². The molecule has 0 fully saturated rings. The smallest absolute Gasteiger partial charge is 0.261 e. The third kappa shape index (κ3) is 11.9. The van der Waals surface area contributed by atoms with Crippen LogP contribution < -0.4 is 19.9 Å². The minimum absolute atomic E-state index is 0.0946. The highest BCUT2D eigenvalue weighted by Crippen LogP contribution is 2.33. The van der Waals surface area contributed by atoms with Crippen LogP contribution in [0.4, 0.5) is 5.69 Å². The third-order valence-electron chi connectivity index (χ3n) is 7.78. The van der Waals surface area contributed by atoms with Gasteiger partial charge in [0.15, 0.2) is 0 Å². The van der Waals surface area contributed by atoms with Crippen molar-refractivity contribution >= 4 is 25.7 Å². The number of primary sulfonamides is 1. The Labute approximate surface area is 278 Å². The maximum atomic E-state index is 12.9. The average molecular weight is 690 g/mol. The van der Waals surface area contributed by atoms with Crippen LogP contribution >= 0.6 is 0 Å². The van der Waals surface area contributed by atoms with E-state index in [-0.39, 0.29) is 15.5 Å². The Bertz CT molecular complexity index is 1660. The molecule has 0 unspecified atom stereocenters. The van der Waals surface area contributed by atoms with Crippen LogP contribution in [0.1, 0.15) is 75.2 Å². The molecule has 3 aromatic carbocycles. The van der Waals surface area contributed by atoms with Crippen molar-refractivity contribution in [2.24, 2.45) is 5.14 Å². The molecule has 1 aliphatic heterocycles. The lowest BCUT2D eigenvalue weighted by atomic mass is 10.0. The van der Waals surface area contributed by atoms with Gasteiger partial charge in [-0.05, 0) is 98.3 Å². The molecule has 0 aromatic heterocycles. The van der Waals surface area contributed by atoms with E-state index in [1.54, 1.807) is 12.1 Å². The summed E-state index contributed by atoms with van der Waals surface area (Å²) in [5, 5.41) is 19.0. The second-order valence-electron chi connectivity index (χ2n) is 12.2. The summed E-state index contributed by atoms with van der Waals surface area (Å²) in [4.78, 5) is 0.0424. The number of rotatable bonds is 19. The molecule has 1 aliphatic rings. The topological polar surface area (TPSA) is 166 Å². The Morgan fingerprint density at radius 1 is 0.894 bits per heavy atom. The Kier molecular flexibility index (Phi) is 13.2. The largest absolute Gasteiger partial charge is 0.463 e. The van der Waals surface area contributed by atoms with E-state index in [4.69, 9.17) is 19.3 Å². The minimum atomic E-state index is -3.86. The van der Waals surface area contributed by atoms with Crippen LogP contribution in [0.2, 0.25) is 0 Å². The van der Waals surface area contributed by atoms with Gasteiger partial charge in [-0.1, -0.05) is 31.0 Å². The highest BCUT2D eigenvalue weighted by molar-refractivity contribution is 7.92. The number of aliphatic hydroxyl groups excluding tert-OH is 1. The molecule has 47 heavy (non-hydrogen) atoms. The van der Waals surface area contributed by atoms with Crippen molar-refractivity contribution in [3.8, 4) is 5.75 Å². The number of nitrogens with one attached hydrogen (secondary N) is 2. The van der Waals surface area contributed by atoms with Gasteiger partial charge in [0.2, 0.25) is 15.8 Å².